The van der Waals surface area contributed by atoms with Gasteiger partial charge in [-0.3, -0.25) is 4.79 Å². The molecule has 2 rings (SSSR count). The summed E-state index contributed by atoms with van der Waals surface area (Å²) in [6.07, 6.45) is 4.48. The lowest BCUT2D eigenvalue weighted by molar-refractivity contribution is 0.101. The number of carbonyl (C=O) groups is 1. The molecule has 2 nitrogen and oxygen atoms in total. The second-order valence-corrected chi connectivity index (χ2v) is 5.00. The van der Waals surface area contributed by atoms with Gasteiger partial charge < -0.3 is 4.90 Å². The van der Waals surface area contributed by atoms with Crippen LogP contribution in [0.3, 0.4) is 0 Å². The Labute approximate surface area is 108 Å². The van der Waals surface area contributed by atoms with Crippen molar-refractivity contribution in [2.45, 2.75) is 45.6 Å². The normalized spacial score (nSPS) is 14.6. The van der Waals surface area contributed by atoms with Gasteiger partial charge in [0, 0.05) is 18.2 Å². The molecule has 0 radical (unpaired) electrons. The highest BCUT2D eigenvalue weighted by molar-refractivity contribution is 5.94. The maximum atomic E-state index is 14.1. The molecule has 0 unspecified atom stereocenters. The van der Waals surface area contributed by atoms with E-state index in [2.05, 4.69) is 11.8 Å². The average molecular weight is 249 g/mol. The molecule has 0 aliphatic heterocycles. The Morgan fingerprint density at radius 2 is 2.17 bits per heavy atom. The Morgan fingerprint density at radius 3 is 2.67 bits per heavy atom. The van der Waals surface area contributed by atoms with E-state index in [0.717, 1.165) is 32.2 Å². The number of benzene rings is 1. The van der Waals surface area contributed by atoms with Crippen LogP contribution in [0.4, 0.5) is 10.1 Å². The topological polar surface area (TPSA) is 20.3 Å². The molecule has 1 saturated carbocycles. The van der Waals surface area contributed by atoms with E-state index >= 15 is 0 Å². The number of ketones is 1. The fourth-order valence-electron chi connectivity index (χ4n) is 2.17. The molecule has 1 aromatic carbocycles. The summed E-state index contributed by atoms with van der Waals surface area (Å²) < 4.78 is 14.1. The van der Waals surface area contributed by atoms with E-state index in [1.165, 1.54) is 13.0 Å². The molecule has 0 N–H and O–H groups in total. The van der Waals surface area contributed by atoms with Crippen molar-refractivity contribution in [2.24, 2.45) is 0 Å². The Hall–Kier alpha value is -1.38. The fraction of sp³-hybridized carbons (Fsp3) is 0.533. The standard InChI is InChI=1S/C15H20FNO/c1-3-4-9-17(13-6-7-13)15-8-5-12(11(2)18)10-14(15)16/h5,8,10,13H,3-4,6-7,9H2,1-2H3. The highest BCUT2D eigenvalue weighted by Gasteiger charge is 2.30. The van der Waals surface area contributed by atoms with E-state index in [-0.39, 0.29) is 11.6 Å². The number of hydrogen-bond acceptors (Lipinski definition) is 2. The fourth-order valence-corrected chi connectivity index (χ4v) is 2.17. The maximum absolute atomic E-state index is 14.1. The largest absolute Gasteiger partial charge is 0.366 e. The van der Waals surface area contributed by atoms with E-state index in [0.29, 0.717) is 17.3 Å². The predicted octanol–water partition coefficient (Wildman–Crippen LogP) is 3.80. The van der Waals surface area contributed by atoms with E-state index < -0.39 is 0 Å². The first-order valence-corrected chi connectivity index (χ1v) is 6.70. The number of halogens is 1. The summed E-state index contributed by atoms with van der Waals surface area (Å²) in [5.74, 6) is -0.363. The Morgan fingerprint density at radius 1 is 1.44 bits per heavy atom. The molecular weight excluding hydrogens is 229 g/mol. The van der Waals surface area contributed by atoms with Gasteiger partial charge in [0.2, 0.25) is 0 Å². The molecule has 1 aliphatic carbocycles. The minimum absolute atomic E-state index is 0.0908. The third-order valence-electron chi connectivity index (χ3n) is 3.40. The van der Waals surface area contributed by atoms with Crippen molar-refractivity contribution in [3.05, 3.63) is 29.6 Å². The van der Waals surface area contributed by atoms with Gasteiger partial charge in [-0.15, -0.1) is 0 Å². The van der Waals surface area contributed by atoms with Crippen molar-refractivity contribution in [3.63, 3.8) is 0 Å². The van der Waals surface area contributed by atoms with Crippen molar-refractivity contribution in [2.75, 3.05) is 11.4 Å². The van der Waals surface area contributed by atoms with Crippen LogP contribution in [0, 0.1) is 5.82 Å². The monoisotopic (exact) mass is 249 g/mol. The number of carbonyl (C=O) groups excluding carboxylic acids is 1. The van der Waals surface area contributed by atoms with Crippen molar-refractivity contribution >= 4 is 11.5 Å². The molecule has 1 fully saturated rings. The first kappa shape index (κ1) is 13.1. The number of hydrogen-bond donors (Lipinski definition) is 0. The predicted molar refractivity (Wildman–Crippen MR) is 71.7 cm³/mol. The van der Waals surface area contributed by atoms with Crippen molar-refractivity contribution < 1.29 is 9.18 Å². The maximum Gasteiger partial charge on any atom is 0.159 e. The number of Topliss-reactive ketones (excluding diaryl/α,β-unsaturated/α-hetero) is 1. The second-order valence-electron chi connectivity index (χ2n) is 5.00. The molecule has 0 amide bonds. The minimum atomic E-state index is -0.272. The molecule has 0 spiro atoms. The minimum Gasteiger partial charge on any atom is -0.366 e. The van der Waals surface area contributed by atoms with Crippen LogP contribution in [0.5, 0.6) is 0 Å². The zero-order valence-electron chi connectivity index (χ0n) is 11.1. The van der Waals surface area contributed by atoms with Gasteiger partial charge in [0.15, 0.2) is 5.78 Å². The zero-order valence-corrected chi connectivity index (χ0v) is 11.1. The summed E-state index contributed by atoms with van der Waals surface area (Å²) in [5, 5.41) is 0. The lowest BCUT2D eigenvalue weighted by Gasteiger charge is -2.25. The summed E-state index contributed by atoms with van der Waals surface area (Å²) in [4.78, 5) is 13.4. The lowest BCUT2D eigenvalue weighted by Crippen LogP contribution is -2.27. The van der Waals surface area contributed by atoms with E-state index in [1.54, 1.807) is 12.1 Å². The average Bonchev–Trinajstić information content (AvgIpc) is 3.15. The van der Waals surface area contributed by atoms with E-state index in [1.807, 2.05) is 0 Å². The van der Waals surface area contributed by atoms with Gasteiger partial charge in [-0.1, -0.05) is 13.3 Å². The summed E-state index contributed by atoms with van der Waals surface area (Å²) in [6, 6.07) is 5.33. The van der Waals surface area contributed by atoms with E-state index in [4.69, 9.17) is 0 Å². The van der Waals surface area contributed by atoms with Crippen molar-refractivity contribution in [1.29, 1.82) is 0 Å². The summed E-state index contributed by atoms with van der Waals surface area (Å²) >= 11 is 0. The highest BCUT2D eigenvalue weighted by Crippen LogP contribution is 2.33. The molecule has 0 saturated heterocycles. The van der Waals surface area contributed by atoms with Crippen LogP contribution in [0.15, 0.2) is 18.2 Å². The Balaban J connectivity index is 2.21. The van der Waals surface area contributed by atoms with Gasteiger partial charge in [-0.05, 0) is 44.4 Å². The molecule has 0 atom stereocenters. The van der Waals surface area contributed by atoms with Gasteiger partial charge in [0.1, 0.15) is 5.82 Å². The van der Waals surface area contributed by atoms with Crippen LogP contribution < -0.4 is 4.90 Å². The molecule has 3 heteroatoms. The Bertz CT molecular complexity index is 440. The van der Waals surface area contributed by atoms with Gasteiger partial charge >= 0.3 is 0 Å². The van der Waals surface area contributed by atoms with Crippen LogP contribution in [0.25, 0.3) is 0 Å². The smallest absolute Gasteiger partial charge is 0.159 e. The number of nitrogens with zero attached hydrogens (tertiary/aromatic N) is 1. The van der Waals surface area contributed by atoms with Crippen LogP contribution in [-0.2, 0) is 0 Å². The molecule has 0 heterocycles. The third-order valence-corrected chi connectivity index (χ3v) is 3.40. The second kappa shape index (κ2) is 5.51. The first-order valence-electron chi connectivity index (χ1n) is 6.70. The molecule has 1 aliphatic rings. The van der Waals surface area contributed by atoms with Crippen molar-refractivity contribution in [3.8, 4) is 0 Å². The highest BCUT2D eigenvalue weighted by atomic mass is 19.1. The van der Waals surface area contributed by atoms with Crippen LogP contribution in [0.1, 0.15) is 49.9 Å². The number of unbranched alkanes of at least 4 members (excludes halogenated alkanes) is 1. The molecule has 18 heavy (non-hydrogen) atoms. The molecule has 98 valence electrons. The molecule has 0 aromatic heterocycles. The summed E-state index contributed by atoms with van der Waals surface area (Å²) in [6.45, 7) is 4.50. The SMILES string of the molecule is CCCCN(c1ccc(C(C)=O)cc1F)C1CC1. The molecule has 0 bridgehead atoms. The number of rotatable bonds is 6. The first-order chi connectivity index (χ1) is 8.63. The van der Waals surface area contributed by atoms with Crippen molar-refractivity contribution in [1.82, 2.24) is 0 Å². The summed E-state index contributed by atoms with van der Waals surface area (Å²) in [5.41, 5.74) is 1.10. The van der Waals surface area contributed by atoms with Gasteiger partial charge in [0.05, 0.1) is 5.69 Å². The van der Waals surface area contributed by atoms with E-state index in [9.17, 15) is 9.18 Å². The van der Waals surface area contributed by atoms with Crippen LogP contribution in [0.2, 0.25) is 0 Å². The van der Waals surface area contributed by atoms with Gasteiger partial charge in [-0.25, -0.2) is 4.39 Å². The molecule has 1 aromatic rings. The molecular formula is C15H20FNO. The van der Waals surface area contributed by atoms with Crippen LogP contribution >= 0.6 is 0 Å². The quantitative estimate of drug-likeness (QED) is 0.715. The lowest BCUT2D eigenvalue weighted by atomic mass is 10.1. The zero-order chi connectivity index (χ0) is 13.1. The third kappa shape index (κ3) is 2.89. The van der Waals surface area contributed by atoms with Crippen LogP contribution in [-0.4, -0.2) is 18.4 Å². The Kier molecular flexibility index (Phi) is 4.00. The van der Waals surface area contributed by atoms with Gasteiger partial charge in [-0.2, -0.15) is 0 Å². The number of anilines is 1. The van der Waals surface area contributed by atoms with Gasteiger partial charge in [0.25, 0.3) is 0 Å². The summed E-state index contributed by atoms with van der Waals surface area (Å²) in [7, 11) is 0.